The first-order valence-corrected chi connectivity index (χ1v) is 4.75. The van der Waals surface area contributed by atoms with E-state index in [2.05, 4.69) is 0 Å². The molecule has 0 unspecified atom stereocenters. The highest BCUT2D eigenvalue weighted by Crippen LogP contribution is 2.21. The van der Waals surface area contributed by atoms with Gasteiger partial charge in [0.2, 0.25) is 0 Å². The van der Waals surface area contributed by atoms with Crippen molar-refractivity contribution in [2.75, 3.05) is 6.61 Å². The number of carbonyl (C=O) groups is 2. The molecule has 0 bridgehead atoms. The van der Waals surface area contributed by atoms with Crippen LogP contribution in [0.25, 0.3) is 0 Å². The van der Waals surface area contributed by atoms with Crippen molar-refractivity contribution < 1.29 is 24.5 Å². The van der Waals surface area contributed by atoms with Crippen LogP contribution in [0.4, 0.5) is 0 Å². The molecule has 0 heterocycles. The second-order valence-electron chi connectivity index (χ2n) is 3.13. The number of hydrogen-bond acceptors (Lipinski definition) is 3. The van der Waals surface area contributed by atoms with Crippen LogP contribution in [0, 0.1) is 0 Å². The average Bonchev–Trinajstić information content (AvgIpc) is 2.19. The summed E-state index contributed by atoms with van der Waals surface area (Å²) < 4.78 is 5.22. The maximum Gasteiger partial charge on any atom is 0.335 e. The molecule has 0 saturated heterocycles. The lowest BCUT2D eigenvalue weighted by Gasteiger charge is -2.09. The van der Waals surface area contributed by atoms with Crippen molar-refractivity contribution in [2.45, 2.75) is 13.3 Å². The quantitative estimate of drug-likeness (QED) is 0.790. The Balaban J connectivity index is 3.09. The minimum absolute atomic E-state index is 0.0553. The molecule has 0 atom stereocenters. The number of aliphatic carboxylic acids is 1. The lowest BCUT2D eigenvalue weighted by atomic mass is 10.1. The standard InChI is InChI=1S/C11H12O5/c1-2-16-9-4-3-7(11(14)15)5-8(9)6-10(12)13/h3-5H,2,6H2,1H3,(H,12,13)(H,14,15). The van der Waals surface area contributed by atoms with Gasteiger partial charge in [0.15, 0.2) is 0 Å². The number of carboxylic acids is 2. The lowest BCUT2D eigenvalue weighted by molar-refractivity contribution is -0.136. The fraction of sp³-hybridized carbons (Fsp3) is 0.273. The van der Waals surface area contributed by atoms with E-state index in [0.717, 1.165) is 0 Å². The van der Waals surface area contributed by atoms with Crippen LogP contribution in [0.1, 0.15) is 22.8 Å². The Bertz CT molecular complexity index is 411. The van der Waals surface area contributed by atoms with Gasteiger partial charge in [0, 0.05) is 5.56 Å². The van der Waals surface area contributed by atoms with Crippen molar-refractivity contribution in [3.63, 3.8) is 0 Å². The highest BCUT2D eigenvalue weighted by Gasteiger charge is 2.11. The van der Waals surface area contributed by atoms with Gasteiger partial charge in [0.05, 0.1) is 18.6 Å². The van der Waals surface area contributed by atoms with Crippen LogP contribution in [0.15, 0.2) is 18.2 Å². The monoisotopic (exact) mass is 224 g/mol. The van der Waals surface area contributed by atoms with Crippen LogP contribution in [0.5, 0.6) is 5.75 Å². The van der Waals surface area contributed by atoms with Gasteiger partial charge in [0.1, 0.15) is 5.75 Å². The van der Waals surface area contributed by atoms with Crippen LogP contribution < -0.4 is 4.74 Å². The fourth-order valence-corrected chi connectivity index (χ4v) is 1.31. The number of rotatable bonds is 5. The third-order valence-corrected chi connectivity index (χ3v) is 1.95. The van der Waals surface area contributed by atoms with E-state index in [-0.39, 0.29) is 12.0 Å². The molecule has 0 amide bonds. The molecule has 2 N–H and O–H groups in total. The Morgan fingerprint density at radius 2 is 2.00 bits per heavy atom. The molecule has 0 fully saturated rings. The summed E-state index contributed by atoms with van der Waals surface area (Å²) in [6, 6.07) is 4.19. The van der Waals surface area contributed by atoms with Crippen molar-refractivity contribution >= 4 is 11.9 Å². The van der Waals surface area contributed by atoms with Gasteiger partial charge in [0.25, 0.3) is 0 Å². The molecule has 0 aliphatic heterocycles. The Kier molecular flexibility index (Phi) is 3.88. The van der Waals surface area contributed by atoms with E-state index >= 15 is 0 Å². The molecule has 0 aliphatic carbocycles. The summed E-state index contributed by atoms with van der Waals surface area (Å²) in [5.41, 5.74) is 0.425. The minimum Gasteiger partial charge on any atom is -0.494 e. The number of aromatic carboxylic acids is 1. The molecule has 16 heavy (non-hydrogen) atoms. The first-order valence-electron chi connectivity index (χ1n) is 4.75. The van der Waals surface area contributed by atoms with Crippen LogP contribution in [-0.4, -0.2) is 28.8 Å². The molecule has 1 rings (SSSR count). The molecular formula is C11H12O5. The fourth-order valence-electron chi connectivity index (χ4n) is 1.31. The molecule has 86 valence electrons. The zero-order valence-corrected chi connectivity index (χ0v) is 8.77. The smallest absolute Gasteiger partial charge is 0.335 e. The molecule has 0 spiro atoms. The summed E-state index contributed by atoms with van der Waals surface area (Å²) >= 11 is 0. The first-order chi connectivity index (χ1) is 7.54. The molecule has 1 aromatic rings. The van der Waals surface area contributed by atoms with E-state index in [1.54, 1.807) is 6.92 Å². The summed E-state index contributed by atoms with van der Waals surface area (Å²) in [4.78, 5) is 21.3. The molecular weight excluding hydrogens is 212 g/mol. The second kappa shape index (κ2) is 5.16. The highest BCUT2D eigenvalue weighted by molar-refractivity contribution is 5.88. The summed E-state index contributed by atoms with van der Waals surface area (Å²) in [6.07, 6.45) is -0.254. The molecule has 5 heteroatoms. The van der Waals surface area contributed by atoms with Gasteiger partial charge < -0.3 is 14.9 Å². The summed E-state index contributed by atoms with van der Waals surface area (Å²) in [7, 11) is 0. The third kappa shape index (κ3) is 2.98. The zero-order valence-electron chi connectivity index (χ0n) is 8.77. The van der Waals surface area contributed by atoms with E-state index in [1.165, 1.54) is 18.2 Å². The maximum atomic E-state index is 10.7. The van der Waals surface area contributed by atoms with E-state index in [9.17, 15) is 9.59 Å². The van der Waals surface area contributed by atoms with Crippen LogP contribution >= 0.6 is 0 Å². The van der Waals surface area contributed by atoms with Gasteiger partial charge in [-0.25, -0.2) is 4.79 Å². The van der Waals surface area contributed by atoms with Gasteiger partial charge in [-0.15, -0.1) is 0 Å². The predicted octanol–water partition coefficient (Wildman–Crippen LogP) is 1.41. The Labute approximate surface area is 92.3 Å². The maximum absolute atomic E-state index is 10.7. The Morgan fingerprint density at radius 1 is 1.31 bits per heavy atom. The molecule has 0 aliphatic rings. The first kappa shape index (κ1) is 12.0. The number of hydrogen-bond donors (Lipinski definition) is 2. The molecule has 1 aromatic carbocycles. The van der Waals surface area contributed by atoms with Crippen LogP contribution in [-0.2, 0) is 11.2 Å². The van der Waals surface area contributed by atoms with Crippen LogP contribution in [0.2, 0.25) is 0 Å². The van der Waals surface area contributed by atoms with Gasteiger partial charge in [-0.1, -0.05) is 0 Å². The Hall–Kier alpha value is -2.04. The zero-order chi connectivity index (χ0) is 12.1. The minimum atomic E-state index is -1.09. The topological polar surface area (TPSA) is 83.8 Å². The van der Waals surface area contributed by atoms with E-state index in [1.807, 2.05) is 0 Å². The average molecular weight is 224 g/mol. The van der Waals surface area contributed by atoms with Gasteiger partial charge >= 0.3 is 11.9 Å². The summed E-state index contributed by atoms with van der Waals surface area (Å²) in [5.74, 6) is -1.70. The van der Waals surface area contributed by atoms with Gasteiger partial charge in [-0.3, -0.25) is 4.79 Å². The number of ether oxygens (including phenoxy) is 1. The largest absolute Gasteiger partial charge is 0.494 e. The van der Waals surface area contributed by atoms with E-state index in [0.29, 0.717) is 17.9 Å². The third-order valence-electron chi connectivity index (χ3n) is 1.95. The highest BCUT2D eigenvalue weighted by atomic mass is 16.5. The second-order valence-corrected chi connectivity index (χ2v) is 3.13. The van der Waals surface area contributed by atoms with E-state index < -0.39 is 11.9 Å². The summed E-state index contributed by atoms with van der Waals surface area (Å²) in [5, 5.41) is 17.5. The van der Waals surface area contributed by atoms with Crippen LogP contribution in [0.3, 0.4) is 0 Å². The number of benzene rings is 1. The molecule has 0 radical (unpaired) electrons. The number of carboxylic acid groups (broad SMARTS) is 2. The normalized spacial score (nSPS) is 9.81. The van der Waals surface area contributed by atoms with Crippen molar-refractivity contribution in [2.24, 2.45) is 0 Å². The lowest BCUT2D eigenvalue weighted by Crippen LogP contribution is -2.06. The Morgan fingerprint density at radius 3 is 2.50 bits per heavy atom. The van der Waals surface area contributed by atoms with Crippen molar-refractivity contribution in [3.05, 3.63) is 29.3 Å². The summed E-state index contributed by atoms with van der Waals surface area (Å²) in [6.45, 7) is 2.18. The molecule has 0 aromatic heterocycles. The van der Waals surface area contributed by atoms with Crippen molar-refractivity contribution in [1.82, 2.24) is 0 Å². The molecule has 0 saturated carbocycles. The molecule has 5 nitrogen and oxygen atoms in total. The van der Waals surface area contributed by atoms with Crippen molar-refractivity contribution in [3.8, 4) is 5.75 Å². The van der Waals surface area contributed by atoms with Crippen molar-refractivity contribution in [1.29, 1.82) is 0 Å². The van der Waals surface area contributed by atoms with Gasteiger partial charge in [-0.05, 0) is 25.1 Å². The van der Waals surface area contributed by atoms with E-state index in [4.69, 9.17) is 14.9 Å². The predicted molar refractivity (Wildman–Crippen MR) is 55.9 cm³/mol. The SMILES string of the molecule is CCOc1ccc(C(=O)O)cc1CC(=O)O. The van der Waals surface area contributed by atoms with Gasteiger partial charge in [-0.2, -0.15) is 0 Å².